The third-order valence-electron chi connectivity index (χ3n) is 13.7. The molecule has 2 aliphatic heterocycles. The maximum atomic E-state index is 13.5. The van der Waals surface area contributed by atoms with Crippen molar-refractivity contribution >= 4 is 29.2 Å². The highest BCUT2D eigenvalue weighted by molar-refractivity contribution is 6.39. The van der Waals surface area contributed by atoms with Gasteiger partial charge in [-0.25, -0.2) is 0 Å². The molecule has 2 saturated heterocycles. The van der Waals surface area contributed by atoms with E-state index in [1.807, 2.05) is 57.2 Å². The Labute approximate surface area is 387 Å². The Hall–Kier alpha value is -3.63. The van der Waals surface area contributed by atoms with Crippen molar-refractivity contribution in [3.05, 3.63) is 59.8 Å². The molecule has 14 atom stereocenters. The predicted octanol–water partition coefficient (Wildman–Crippen LogP) is 5.17. The van der Waals surface area contributed by atoms with E-state index in [9.17, 15) is 44.4 Å². The van der Waals surface area contributed by atoms with E-state index in [4.69, 9.17) is 18.9 Å². The number of hydrogen-bond acceptors (Lipinski definition) is 13. The highest BCUT2D eigenvalue weighted by Gasteiger charge is 2.52. The second kappa shape index (κ2) is 26.6. The molecule has 0 aromatic carbocycles. The van der Waals surface area contributed by atoms with Crippen molar-refractivity contribution in [2.75, 3.05) is 27.9 Å². The Balaban J connectivity index is 1.51. The first-order chi connectivity index (χ1) is 30.7. The summed E-state index contributed by atoms with van der Waals surface area (Å²) in [4.78, 5) is 65.8. The molecule has 3 fully saturated rings. The number of nitrogens with zero attached hydrogens (tertiary/aromatic N) is 1. The van der Waals surface area contributed by atoms with Crippen molar-refractivity contribution in [3.8, 4) is 0 Å². The minimum atomic E-state index is -2.40. The molecule has 65 heavy (non-hydrogen) atoms. The fourth-order valence-corrected chi connectivity index (χ4v) is 9.47. The van der Waals surface area contributed by atoms with Gasteiger partial charge in [-0.2, -0.15) is 0 Å². The molecule has 1 saturated carbocycles. The van der Waals surface area contributed by atoms with E-state index in [0.717, 1.165) is 29.7 Å². The third kappa shape index (κ3) is 16.0. The molecule has 14 unspecified atom stereocenters. The number of hydrogen-bond donors (Lipinski definition) is 3. The van der Waals surface area contributed by atoms with Crippen LogP contribution in [-0.2, 0) is 42.9 Å². The number of amides is 1. The molecule has 3 aliphatic rings. The van der Waals surface area contributed by atoms with Crippen LogP contribution in [0.25, 0.3) is 0 Å². The van der Waals surface area contributed by atoms with Gasteiger partial charge in [0.15, 0.2) is 11.6 Å². The summed E-state index contributed by atoms with van der Waals surface area (Å²) in [6.07, 6.45) is 17.1. The molecule has 3 N–H and O–H groups in total. The van der Waals surface area contributed by atoms with Gasteiger partial charge in [0.05, 0.1) is 36.4 Å². The number of methoxy groups -OCH3 is 3. The highest BCUT2D eigenvalue weighted by atomic mass is 16.6. The summed E-state index contributed by atoms with van der Waals surface area (Å²) in [5.41, 5.74) is 1.34. The lowest BCUT2D eigenvalue weighted by atomic mass is 9.80. The van der Waals surface area contributed by atoms with Crippen LogP contribution in [-0.4, -0.2) is 126 Å². The van der Waals surface area contributed by atoms with Crippen LogP contribution in [0.3, 0.4) is 0 Å². The second-order valence-electron chi connectivity index (χ2n) is 19.0. The van der Waals surface area contributed by atoms with Crippen LogP contribution in [0.4, 0.5) is 0 Å². The van der Waals surface area contributed by atoms with Crippen molar-refractivity contribution in [3.63, 3.8) is 0 Å². The summed E-state index contributed by atoms with van der Waals surface area (Å²) >= 11 is 0. The number of carboxylic acid groups (broad SMARTS) is 1. The van der Waals surface area contributed by atoms with E-state index in [1.54, 1.807) is 47.1 Å². The van der Waals surface area contributed by atoms with E-state index in [0.29, 0.717) is 56.4 Å². The number of carbonyl (C=O) groups is 5. The van der Waals surface area contributed by atoms with Crippen molar-refractivity contribution in [2.45, 2.75) is 168 Å². The standard InChI is InChI=1S/C51H79NO13/c1-31(26-35(5)45(55)47(64-10)46(56)36(6)28-34(4)41(53)23-19-32(2)27-38-21-24-42(54)44(29-38)63-9)16-12-11-13-17-33(3)43(62-8)30-39-22-20-37(7)51(61,65-39)48(57)49(58)52-25-15-14-18-40(52)50(59)60/h11-13,16-17,19,23,28,31-32,34-35,37-40,42-44,46-47,54,56,61H,14-15,18,20-22,24-27,29-30H2,1-10H3,(H,59,60)/p-1. The fourth-order valence-electron chi connectivity index (χ4n) is 9.47. The molecule has 2 heterocycles. The van der Waals surface area contributed by atoms with Crippen LogP contribution in [0.2, 0.25) is 0 Å². The summed E-state index contributed by atoms with van der Waals surface area (Å²) in [6, 6.07) is -1.23. The van der Waals surface area contributed by atoms with Crippen molar-refractivity contribution < 1.29 is 63.3 Å². The molecule has 14 nitrogen and oxygen atoms in total. The lowest BCUT2D eigenvalue weighted by Crippen LogP contribution is -2.61. The van der Waals surface area contributed by atoms with Crippen LogP contribution in [0, 0.1) is 35.5 Å². The summed E-state index contributed by atoms with van der Waals surface area (Å²) in [7, 11) is 4.57. The highest BCUT2D eigenvalue weighted by Crippen LogP contribution is 2.37. The quantitative estimate of drug-likeness (QED) is 0.0495. The Morgan fingerprint density at radius 1 is 0.877 bits per heavy atom. The van der Waals surface area contributed by atoms with E-state index in [2.05, 4.69) is 6.92 Å². The van der Waals surface area contributed by atoms with Crippen LogP contribution >= 0.6 is 0 Å². The summed E-state index contributed by atoms with van der Waals surface area (Å²) in [5, 5.41) is 44.4. The number of carbonyl (C=O) groups excluding carboxylic acids is 5. The molecule has 366 valence electrons. The average molecular weight is 913 g/mol. The zero-order valence-electron chi connectivity index (χ0n) is 40.5. The zero-order valence-corrected chi connectivity index (χ0v) is 40.5. The Morgan fingerprint density at radius 2 is 1.58 bits per heavy atom. The number of aliphatic carboxylic acids is 1. The summed E-state index contributed by atoms with van der Waals surface area (Å²) in [5.74, 6) is -7.43. The van der Waals surface area contributed by atoms with Gasteiger partial charge < -0.3 is 49.1 Å². The second-order valence-corrected chi connectivity index (χ2v) is 19.0. The third-order valence-corrected chi connectivity index (χ3v) is 13.7. The smallest absolute Gasteiger partial charge is 0.296 e. The van der Waals surface area contributed by atoms with E-state index < -0.39 is 77.8 Å². The first-order valence-corrected chi connectivity index (χ1v) is 23.5. The maximum Gasteiger partial charge on any atom is 0.296 e. The fraction of sp³-hybridized carbons (Fsp3) is 0.706. The molecule has 1 aliphatic carbocycles. The number of Topliss-reactive ketones (excluding diaryl/α,β-unsaturated/α-hetero) is 2. The lowest BCUT2D eigenvalue weighted by molar-refractivity contribution is -0.312. The molecule has 0 spiro atoms. The number of piperidine rings is 1. The van der Waals surface area contributed by atoms with Crippen molar-refractivity contribution in [2.24, 2.45) is 35.5 Å². The number of ketones is 3. The number of likely N-dealkylation sites (tertiary alicyclic amines) is 1. The minimum absolute atomic E-state index is 0.0143. The molecule has 0 aromatic rings. The largest absolute Gasteiger partial charge is 0.548 e. The number of allylic oxidation sites excluding steroid dienone is 8. The van der Waals surface area contributed by atoms with Gasteiger partial charge in [-0.05, 0) is 113 Å². The Bertz CT molecular complexity index is 1750. The van der Waals surface area contributed by atoms with Gasteiger partial charge >= 0.3 is 0 Å². The SMILES string of the molecule is COC(CC1CCC(C)C(O)(C(=O)C(=O)N2CCCCC2C(=O)[O-])O1)C(C)=CC=CC=CC(C)CC(C)C(=O)C(OC)C(O)C(C)=CC(C)C(=O)C=CC(C)CC1CCC(O)C(OC)C1. The topological polar surface area (TPSA) is 209 Å². The van der Waals surface area contributed by atoms with E-state index >= 15 is 0 Å². The predicted molar refractivity (Wildman–Crippen MR) is 245 cm³/mol. The van der Waals surface area contributed by atoms with Gasteiger partial charge in [0.1, 0.15) is 12.2 Å². The molecular formula is C51H78NO13-. The van der Waals surface area contributed by atoms with Crippen molar-refractivity contribution in [1.29, 1.82) is 0 Å². The normalized spacial score (nSPS) is 29.3. The maximum absolute atomic E-state index is 13.5. The number of ether oxygens (including phenoxy) is 4. The van der Waals surface area contributed by atoms with Gasteiger partial charge in [-0.15, -0.1) is 0 Å². The van der Waals surface area contributed by atoms with Gasteiger partial charge in [0, 0.05) is 52.0 Å². The van der Waals surface area contributed by atoms with Gasteiger partial charge in [-0.3, -0.25) is 19.2 Å². The van der Waals surface area contributed by atoms with Crippen LogP contribution in [0.15, 0.2) is 59.8 Å². The Morgan fingerprint density at radius 3 is 2.23 bits per heavy atom. The summed E-state index contributed by atoms with van der Waals surface area (Å²) in [6.45, 7) is 12.9. The van der Waals surface area contributed by atoms with E-state index in [-0.39, 0.29) is 42.5 Å². The first-order valence-electron chi connectivity index (χ1n) is 23.5. The molecule has 14 heteroatoms. The molecule has 0 radical (unpaired) electrons. The summed E-state index contributed by atoms with van der Waals surface area (Å²) < 4.78 is 22.6. The van der Waals surface area contributed by atoms with Gasteiger partial charge in [0.2, 0.25) is 5.79 Å². The van der Waals surface area contributed by atoms with Crippen LogP contribution in [0.5, 0.6) is 0 Å². The van der Waals surface area contributed by atoms with Gasteiger partial charge in [-0.1, -0.05) is 77.2 Å². The zero-order chi connectivity index (χ0) is 48.6. The molecule has 3 rings (SSSR count). The first kappa shape index (κ1) is 55.7. The number of aliphatic hydroxyl groups excluding tert-OH is 2. The molecule has 1 amide bonds. The average Bonchev–Trinajstić information content (AvgIpc) is 3.28. The molecule has 0 aromatic heterocycles. The minimum Gasteiger partial charge on any atom is -0.548 e. The number of aliphatic hydroxyl groups is 3. The molecular weight excluding hydrogens is 835 g/mol. The van der Waals surface area contributed by atoms with Gasteiger partial charge in [0.25, 0.3) is 11.7 Å². The monoisotopic (exact) mass is 913 g/mol. The van der Waals surface area contributed by atoms with E-state index in [1.165, 1.54) is 7.11 Å². The lowest BCUT2D eigenvalue weighted by Gasteiger charge is -2.43. The van der Waals surface area contributed by atoms with Crippen LogP contribution in [0.1, 0.15) is 119 Å². The number of carboxylic acids is 1. The number of rotatable bonds is 24. The molecule has 0 bridgehead atoms. The Kier molecular flexibility index (Phi) is 22.8. The van der Waals surface area contributed by atoms with Crippen molar-refractivity contribution in [1.82, 2.24) is 4.90 Å². The van der Waals surface area contributed by atoms with Crippen LogP contribution < -0.4 is 5.11 Å².